The average Bonchev–Trinajstić information content (AvgIpc) is 2.69. The highest BCUT2D eigenvalue weighted by molar-refractivity contribution is 5.88. The first-order chi connectivity index (χ1) is 12.3. The number of hydrogen-bond donors (Lipinski definition) is 1. The first kappa shape index (κ1) is 15.9. The summed E-state index contributed by atoms with van der Waals surface area (Å²) in [5, 5.41) is 4.22. The Bertz CT molecular complexity index is 741. The van der Waals surface area contributed by atoms with Crippen LogP contribution in [0.25, 0.3) is 0 Å². The molecule has 2 amide bonds. The number of nitrogens with one attached hydrogen (secondary N) is 1. The van der Waals surface area contributed by atoms with Crippen molar-refractivity contribution in [3.8, 4) is 0 Å². The van der Waals surface area contributed by atoms with Gasteiger partial charge in [0.05, 0.1) is 18.4 Å². The molecule has 1 aromatic carbocycles. The van der Waals surface area contributed by atoms with Crippen molar-refractivity contribution in [2.75, 3.05) is 23.3 Å². The van der Waals surface area contributed by atoms with Gasteiger partial charge in [0.1, 0.15) is 12.4 Å². The second-order valence-corrected chi connectivity index (χ2v) is 6.46. The molecule has 2 aromatic rings. The molecule has 2 aliphatic rings. The standard InChI is InChI=1S/C19H22N4O2/c24-19(23-13-15-6-2-3-7-16(15)14-25-23)21-17-8-9-18(20-12-17)22-10-4-1-5-11-22/h2-3,6-9,12H,1,4-5,10-11,13-14H2,(H,21,24). The van der Waals surface area contributed by atoms with E-state index in [1.807, 2.05) is 36.4 Å². The summed E-state index contributed by atoms with van der Waals surface area (Å²) in [6.07, 6.45) is 5.44. The number of carbonyl (C=O) groups excluding carboxylic acids is 1. The minimum absolute atomic E-state index is 0.276. The normalized spacial score (nSPS) is 17.1. The molecular weight excluding hydrogens is 316 g/mol. The fourth-order valence-corrected chi connectivity index (χ4v) is 3.29. The number of hydroxylamine groups is 2. The van der Waals surface area contributed by atoms with Crippen LogP contribution in [0, 0.1) is 0 Å². The van der Waals surface area contributed by atoms with E-state index in [0.29, 0.717) is 18.8 Å². The van der Waals surface area contributed by atoms with Crippen LogP contribution in [0.4, 0.5) is 16.3 Å². The van der Waals surface area contributed by atoms with Crippen LogP contribution in [-0.4, -0.2) is 29.2 Å². The molecule has 0 atom stereocenters. The third kappa shape index (κ3) is 3.58. The van der Waals surface area contributed by atoms with Crippen molar-refractivity contribution in [1.29, 1.82) is 0 Å². The van der Waals surface area contributed by atoms with Crippen LogP contribution < -0.4 is 10.2 Å². The van der Waals surface area contributed by atoms with Gasteiger partial charge in [-0.25, -0.2) is 9.78 Å². The van der Waals surface area contributed by atoms with Crippen LogP contribution >= 0.6 is 0 Å². The number of nitrogens with zero attached hydrogens (tertiary/aromatic N) is 3. The highest BCUT2D eigenvalue weighted by Gasteiger charge is 2.22. The maximum Gasteiger partial charge on any atom is 0.346 e. The second kappa shape index (κ2) is 7.11. The quantitative estimate of drug-likeness (QED) is 0.910. The lowest BCUT2D eigenvalue weighted by atomic mass is 10.1. The summed E-state index contributed by atoms with van der Waals surface area (Å²) in [4.78, 5) is 24.7. The summed E-state index contributed by atoms with van der Waals surface area (Å²) in [6, 6.07) is 11.6. The number of urea groups is 1. The summed E-state index contributed by atoms with van der Waals surface area (Å²) in [5.74, 6) is 0.973. The van der Waals surface area contributed by atoms with Gasteiger partial charge in [-0.05, 0) is 42.5 Å². The van der Waals surface area contributed by atoms with Gasteiger partial charge in [-0.1, -0.05) is 24.3 Å². The molecule has 0 unspecified atom stereocenters. The number of aromatic nitrogens is 1. The zero-order chi connectivity index (χ0) is 17.1. The van der Waals surface area contributed by atoms with E-state index in [1.54, 1.807) is 6.20 Å². The van der Waals surface area contributed by atoms with Gasteiger partial charge in [-0.2, -0.15) is 5.06 Å². The van der Waals surface area contributed by atoms with E-state index in [1.165, 1.54) is 24.3 Å². The van der Waals surface area contributed by atoms with Gasteiger partial charge in [-0.3, -0.25) is 4.84 Å². The van der Waals surface area contributed by atoms with Crippen molar-refractivity contribution in [1.82, 2.24) is 10.0 Å². The number of hydrogen-bond acceptors (Lipinski definition) is 4. The highest BCUT2D eigenvalue weighted by Crippen LogP contribution is 2.22. The van der Waals surface area contributed by atoms with E-state index >= 15 is 0 Å². The molecular formula is C19H22N4O2. The molecule has 0 spiro atoms. The van der Waals surface area contributed by atoms with Crippen LogP contribution in [0.5, 0.6) is 0 Å². The number of benzene rings is 1. The van der Waals surface area contributed by atoms with Crippen molar-refractivity contribution in [3.63, 3.8) is 0 Å². The molecule has 0 radical (unpaired) electrons. The van der Waals surface area contributed by atoms with Crippen LogP contribution in [0.3, 0.4) is 0 Å². The Morgan fingerprint density at radius 2 is 1.84 bits per heavy atom. The van der Waals surface area contributed by atoms with Crippen molar-refractivity contribution in [2.24, 2.45) is 0 Å². The van der Waals surface area contributed by atoms with E-state index in [4.69, 9.17) is 4.84 Å². The van der Waals surface area contributed by atoms with E-state index in [-0.39, 0.29) is 6.03 Å². The SMILES string of the molecule is O=C(Nc1ccc(N2CCCCC2)nc1)N1Cc2ccccc2CO1. The molecule has 1 aromatic heterocycles. The topological polar surface area (TPSA) is 57.7 Å². The Balaban J connectivity index is 1.38. The zero-order valence-corrected chi connectivity index (χ0v) is 14.1. The Morgan fingerprint density at radius 3 is 2.60 bits per heavy atom. The van der Waals surface area contributed by atoms with Crippen molar-refractivity contribution in [2.45, 2.75) is 32.4 Å². The lowest BCUT2D eigenvalue weighted by Gasteiger charge is -2.28. The van der Waals surface area contributed by atoms with Crippen LogP contribution in [-0.2, 0) is 18.0 Å². The summed E-state index contributed by atoms with van der Waals surface area (Å²) < 4.78 is 0. The van der Waals surface area contributed by atoms with Gasteiger partial charge < -0.3 is 10.2 Å². The molecule has 25 heavy (non-hydrogen) atoms. The number of fused-ring (bicyclic) bond motifs is 1. The maximum absolute atomic E-state index is 12.4. The van der Waals surface area contributed by atoms with Gasteiger partial charge in [0.25, 0.3) is 0 Å². The number of carbonyl (C=O) groups is 1. The predicted molar refractivity (Wildman–Crippen MR) is 96.1 cm³/mol. The minimum Gasteiger partial charge on any atom is -0.357 e. The predicted octanol–water partition coefficient (Wildman–Crippen LogP) is 3.55. The fourth-order valence-electron chi connectivity index (χ4n) is 3.29. The Kier molecular flexibility index (Phi) is 4.52. The molecule has 2 aliphatic heterocycles. The molecule has 1 saturated heterocycles. The fraction of sp³-hybridized carbons (Fsp3) is 0.368. The summed E-state index contributed by atoms with van der Waals surface area (Å²) in [7, 11) is 0. The highest BCUT2D eigenvalue weighted by atomic mass is 16.7. The van der Waals surface area contributed by atoms with Gasteiger partial charge in [0.2, 0.25) is 0 Å². The molecule has 130 valence electrons. The Morgan fingerprint density at radius 1 is 1.04 bits per heavy atom. The van der Waals surface area contributed by atoms with Crippen molar-refractivity contribution >= 4 is 17.5 Å². The van der Waals surface area contributed by atoms with Crippen molar-refractivity contribution < 1.29 is 9.63 Å². The molecule has 6 heteroatoms. The third-order valence-electron chi connectivity index (χ3n) is 4.71. The molecule has 1 N–H and O–H groups in total. The average molecular weight is 338 g/mol. The Hall–Kier alpha value is -2.60. The first-order valence-electron chi connectivity index (χ1n) is 8.79. The smallest absolute Gasteiger partial charge is 0.346 e. The van der Waals surface area contributed by atoms with Gasteiger partial charge in [0, 0.05) is 13.1 Å². The van der Waals surface area contributed by atoms with Gasteiger partial charge in [-0.15, -0.1) is 0 Å². The molecule has 1 fully saturated rings. The van der Waals surface area contributed by atoms with E-state index < -0.39 is 0 Å². The van der Waals surface area contributed by atoms with Gasteiger partial charge >= 0.3 is 6.03 Å². The monoisotopic (exact) mass is 338 g/mol. The third-order valence-corrected chi connectivity index (χ3v) is 4.71. The van der Waals surface area contributed by atoms with Crippen molar-refractivity contribution in [3.05, 3.63) is 53.7 Å². The number of amides is 2. The summed E-state index contributed by atoms with van der Waals surface area (Å²) in [5.41, 5.74) is 2.91. The number of piperidine rings is 1. The number of anilines is 2. The largest absolute Gasteiger partial charge is 0.357 e. The lowest BCUT2D eigenvalue weighted by molar-refractivity contribution is -0.141. The van der Waals surface area contributed by atoms with Crippen LogP contribution in [0.2, 0.25) is 0 Å². The van der Waals surface area contributed by atoms with E-state index in [0.717, 1.165) is 30.0 Å². The molecule has 4 rings (SSSR count). The molecule has 0 bridgehead atoms. The zero-order valence-electron chi connectivity index (χ0n) is 14.1. The number of pyridine rings is 1. The molecule has 6 nitrogen and oxygen atoms in total. The molecule has 3 heterocycles. The molecule has 0 aliphatic carbocycles. The van der Waals surface area contributed by atoms with E-state index in [9.17, 15) is 4.79 Å². The number of rotatable bonds is 2. The van der Waals surface area contributed by atoms with Gasteiger partial charge in [0.15, 0.2) is 0 Å². The summed E-state index contributed by atoms with van der Waals surface area (Å²) in [6.45, 7) is 2.97. The van der Waals surface area contributed by atoms with Crippen LogP contribution in [0.15, 0.2) is 42.6 Å². The first-order valence-corrected chi connectivity index (χ1v) is 8.79. The lowest BCUT2D eigenvalue weighted by Crippen LogP contribution is -2.37. The van der Waals surface area contributed by atoms with E-state index in [2.05, 4.69) is 15.2 Å². The van der Waals surface area contributed by atoms with Crippen LogP contribution in [0.1, 0.15) is 30.4 Å². The summed E-state index contributed by atoms with van der Waals surface area (Å²) >= 11 is 0. The Labute approximate surface area is 147 Å². The molecule has 0 saturated carbocycles. The minimum atomic E-state index is -0.276. The second-order valence-electron chi connectivity index (χ2n) is 6.46. The maximum atomic E-state index is 12.4.